The Morgan fingerprint density at radius 2 is 2.64 bits per heavy atom. The van der Waals surface area contributed by atoms with Crippen molar-refractivity contribution in [1.82, 2.24) is 0 Å². The van der Waals surface area contributed by atoms with Gasteiger partial charge in [-0.3, -0.25) is 0 Å². The molecule has 1 atom stereocenters. The largest absolute Gasteiger partial charge is 0.461 e. The predicted molar refractivity (Wildman–Crippen MR) is 40.8 cm³/mol. The van der Waals surface area contributed by atoms with Crippen LogP contribution >= 0.6 is 0 Å². The minimum atomic E-state index is -0.201. The lowest BCUT2D eigenvalue weighted by Crippen LogP contribution is -2.14. The van der Waals surface area contributed by atoms with Crippen molar-refractivity contribution in [2.24, 2.45) is 0 Å². The van der Waals surface area contributed by atoms with Gasteiger partial charge in [0.05, 0.1) is 6.61 Å². The number of rotatable bonds is 3. The van der Waals surface area contributed by atoms with E-state index < -0.39 is 0 Å². The molecular weight excluding hydrogens is 144 g/mol. The highest BCUT2D eigenvalue weighted by molar-refractivity contribution is 5.07. The fraction of sp³-hybridized carbons (Fsp3) is 0.500. The summed E-state index contributed by atoms with van der Waals surface area (Å²) in [4.78, 5) is 0. The SMILES string of the molecule is CC(CO)OC1=CC=CCO1. The molecule has 1 N–H and O–H groups in total. The Hall–Kier alpha value is -0.960. The minimum Gasteiger partial charge on any atom is -0.461 e. The van der Waals surface area contributed by atoms with Crippen LogP contribution in [0.3, 0.4) is 0 Å². The molecule has 1 heterocycles. The van der Waals surface area contributed by atoms with Gasteiger partial charge in [-0.05, 0) is 13.0 Å². The summed E-state index contributed by atoms with van der Waals surface area (Å²) < 4.78 is 10.3. The first-order chi connectivity index (χ1) is 5.33. The Morgan fingerprint density at radius 1 is 1.82 bits per heavy atom. The predicted octanol–water partition coefficient (Wildman–Crippen LogP) is 0.812. The zero-order valence-corrected chi connectivity index (χ0v) is 6.49. The van der Waals surface area contributed by atoms with Gasteiger partial charge in [-0.15, -0.1) is 0 Å². The van der Waals surface area contributed by atoms with E-state index in [1.807, 2.05) is 12.2 Å². The van der Waals surface area contributed by atoms with Crippen LogP contribution in [0, 0.1) is 0 Å². The van der Waals surface area contributed by atoms with Gasteiger partial charge in [0.1, 0.15) is 12.7 Å². The molecule has 0 aliphatic carbocycles. The number of aliphatic hydroxyl groups is 1. The Labute approximate surface area is 65.9 Å². The molecule has 0 aromatic heterocycles. The van der Waals surface area contributed by atoms with Crippen LogP contribution in [0.5, 0.6) is 0 Å². The Balaban J connectivity index is 2.35. The average molecular weight is 156 g/mol. The molecule has 1 aliphatic rings. The second-order valence-electron chi connectivity index (χ2n) is 2.34. The molecule has 0 aromatic carbocycles. The molecule has 0 saturated carbocycles. The molecule has 1 aliphatic heterocycles. The third kappa shape index (κ3) is 2.63. The molecule has 11 heavy (non-hydrogen) atoms. The topological polar surface area (TPSA) is 38.7 Å². The van der Waals surface area contributed by atoms with Crippen molar-refractivity contribution in [2.45, 2.75) is 13.0 Å². The van der Waals surface area contributed by atoms with Crippen molar-refractivity contribution in [1.29, 1.82) is 0 Å². The molecule has 0 fully saturated rings. The molecular formula is C8H12O3. The van der Waals surface area contributed by atoms with Gasteiger partial charge in [0, 0.05) is 6.08 Å². The summed E-state index contributed by atoms with van der Waals surface area (Å²) in [5, 5.41) is 8.64. The third-order valence-corrected chi connectivity index (χ3v) is 1.26. The average Bonchev–Trinajstić information content (AvgIpc) is 2.06. The first-order valence-electron chi connectivity index (χ1n) is 3.60. The Kier molecular flexibility index (Phi) is 2.98. The van der Waals surface area contributed by atoms with Crippen LogP contribution in [0.15, 0.2) is 24.2 Å². The summed E-state index contributed by atoms with van der Waals surface area (Å²) in [6.45, 7) is 2.33. The van der Waals surface area contributed by atoms with Gasteiger partial charge in [-0.25, -0.2) is 0 Å². The lowest BCUT2D eigenvalue weighted by molar-refractivity contribution is -0.0156. The Morgan fingerprint density at radius 3 is 3.18 bits per heavy atom. The summed E-state index contributed by atoms with van der Waals surface area (Å²) in [5.74, 6) is 0.481. The zero-order valence-electron chi connectivity index (χ0n) is 6.49. The molecule has 3 heteroatoms. The van der Waals surface area contributed by atoms with Crippen LogP contribution in [0.25, 0.3) is 0 Å². The summed E-state index contributed by atoms with van der Waals surface area (Å²) in [7, 11) is 0. The van der Waals surface area contributed by atoms with Crippen molar-refractivity contribution in [3.63, 3.8) is 0 Å². The number of allylic oxidation sites excluding steroid dienone is 2. The van der Waals surface area contributed by atoms with Gasteiger partial charge >= 0.3 is 0 Å². The summed E-state index contributed by atoms with van der Waals surface area (Å²) in [5.41, 5.74) is 0. The van der Waals surface area contributed by atoms with Gasteiger partial charge in [-0.2, -0.15) is 0 Å². The number of hydrogen-bond acceptors (Lipinski definition) is 3. The first-order valence-corrected chi connectivity index (χ1v) is 3.60. The maximum Gasteiger partial charge on any atom is 0.279 e. The van der Waals surface area contributed by atoms with Gasteiger partial charge in [0.2, 0.25) is 0 Å². The highest BCUT2D eigenvalue weighted by Crippen LogP contribution is 2.07. The van der Waals surface area contributed by atoms with E-state index in [2.05, 4.69) is 0 Å². The maximum atomic E-state index is 8.64. The molecule has 0 radical (unpaired) electrons. The second kappa shape index (κ2) is 4.03. The van der Waals surface area contributed by atoms with E-state index in [9.17, 15) is 0 Å². The standard InChI is InChI=1S/C8H12O3/c1-7(6-9)11-8-4-2-3-5-10-8/h2-4,7,9H,5-6H2,1H3. The normalized spacial score (nSPS) is 18.5. The van der Waals surface area contributed by atoms with E-state index in [1.165, 1.54) is 0 Å². The van der Waals surface area contributed by atoms with E-state index in [-0.39, 0.29) is 12.7 Å². The van der Waals surface area contributed by atoms with E-state index >= 15 is 0 Å². The van der Waals surface area contributed by atoms with Gasteiger partial charge in [-0.1, -0.05) is 6.08 Å². The number of hydrogen-bond donors (Lipinski definition) is 1. The third-order valence-electron chi connectivity index (χ3n) is 1.26. The summed E-state index contributed by atoms with van der Waals surface area (Å²) >= 11 is 0. The van der Waals surface area contributed by atoms with Crippen molar-refractivity contribution < 1.29 is 14.6 Å². The van der Waals surface area contributed by atoms with Crippen LogP contribution in [0.2, 0.25) is 0 Å². The second-order valence-corrected chi connectivity index (χ2v) is 2.34. The summed E-state index contributed by atoms with van der Waals surface area (Å²) in [6, 6.07) is 0. The molecule has 1 rings (SSSR count). The van der Waals surface area contributed by atoms with E-state index in [0.29, 0.717) is 12.6 Å². The minimum absolute atomic E-state index is 0.00438. The monoisotopic (exact) mass is 156 g/mol. The van der Waals surface area contributed by atoms with Crippen LogP contribution in [0.4, 0.5) is 0 Å². The number of ether oxygens (including phenoxy) is 2. The van der Waals surface area contributed by atoms with Gasteiger partial charge in [0.15, 0.2) is 0 Å². The Bertz CT molecular complexity index is 172. The van der Waals surface area contributed by atoms with Crippen LogP contribution < -0.4 is 0 Å². The smallest absolute Gasteiger partial charge is 0.279 e. The van der Waals surface area contributed by atoms with Crippen LogP contribution in [-0.2, 0) is 9.47 Å². The van der Waals surface area contributed by atoms with Gasteiger partial charge in [0.25, 0.3) is 5.95 Å². The molecule has 0 bridgehead atoms. The molecule has 0 amide bonds. The fourth-order valence-electron chi connectivity index (χ4n) is 0.689. The van der Waals surface area contributed by atoms with Crippen molar-refractivity contribution >= 4 is 0 Å². The lowest BCUT2D eigenvalue weighted by Gasteiger charge is -2.16. The van der Waals surface area contributed by atoms with Gasteiger partial charge < -0.3 is 14.6 Å². The fourth-order valence-corrected chi connectivity index (χ4v) is 0.689. The number of aliphatic hydroxyl groups excluding tert-OH is 1. The maximum absolute atomic E-state index is 8.64. The van der Waals surface area contributed by atoms with E-state index in [0.717, 1.165) is 0 Å². The molecule has 3 nitrogen and oxygen atoms in total. The first kappa shape index (κ1) is 8.14. The molecule has 0 saturated heterocycles. The molecule has 1 unspecified atom stereocenters. The van der Waals surface area contributed by atoms with Crippen molar-refractivity contribution in [3.05, 3.63) is 24.2 Å². The highest BCUT2D eigenvalue weighted by atomic mass is 16.7. The quantitative estimate of drug-likeness (QED) is 0.657. The van der Waals surface area contributed by atoms with E-state index in [1.54, 1.807) is 13.0 Å². The zero-order chi connectivity index (χ0) is 8.10. The lowest BCUT2D eigenvalue weighted by atomic mass is 10.4. The van der Waals surface area contributed by atoms with Crippen molar-refractivity contribution in [3.8, 4) is 0 Å². The van der Waals surface area contributed by atoms with E-state index in [4.69, 9.17) is 14.6 Å². The molecule has 0 spiro atoms. The van der Waals surface area contributed by atoms with Crippen LogP contribution in [0.1, 0.15) is 6.92 Å². The molecule has 0 aromatic rings. The molecule has 62 valence electrons. The van der Waals surface area contributed by atoms with Crippen LogP contribution in [-0.4, -0.2) is 24.4 Å². The van der Waals surface area contributed by atoms with Crippen molar-refractivity contribution in [2.75, 3.05) is 13.2 Å². The highest BCUT2D eigenvalue weighted by Gasteiger charge is 2.05. The summed E-state index contributed by atoms with van der Waals surface area (Å²) in [6.07, 6.45) is 5.28.